The van der Waals surface area contributed by atoms with Gasteiger partial charge in [-0.25, -0.2) is 9.78 Å². The third-order valence-electron chi connectivity index (χ3n) is 4.83. The monoisotopic (exact) mass is 414 g/mol. The topological polar surface area (TPSA) is 77.5 Å². The van der Waals surface area contributed by atoms with E-state index in [1.807, 2.05) is 24.3 Å². The van der Waals surface area contributed by atoms with Crippen molar-refractivity contribution in [3.63, 3.8) is 0 Å². The van der Waals surface area contributed by atoms with Gasteiger partial charge in [0.1, 0.15) is 10.8 Å². The first-order valence-electron chi connectivity index (χ1n) is 9.83. The summed E-state index contributed by atoms with van der Waals surface area (Å²) in [5, 5.41) is 5.19. The fourth-order valence-electron chi connectivity index (χ4n) is 3.13. The average molecular weight is 415 g/mol. The standard InChI is InChI=1S/C22H26N2O4S/c1-15(20(25)23-13-12-16-6-4-3-5-7-16)28-22(26)19-14-29-21(24-19)17-8-10-18(27-2)11-9-17/h6,8-11,14-15H,3-5,7,12-13H2,1-2H3,(H,23,25)/t15-/m1/s1. The van der Waals surface area contributed by atoms with E-state index in [4.69, 9.17) is 9.47 Å². The predicted molar refractivity (Wildman–Crippen MR) is 113 cm³/mol. The Kier molecular flexibility index (Phi) is 7.41. The van der Waals surface area contributed by atoms with Crippen LogP contribution in [0.5, 0.6) is 5.75 Å². The third kappa shape index (κ3) is 5.90. The maximum Gasteiger partial charge on any atom is 0.358 e. The number of benzene rings is 1. The van der Waals surface area contributed by atoms with Gasteiger partial charge in [0, 0.05) is 17.5 Å². The molecular weight excluding hydrogens is 388 g/mol. The molecule has 1 N–H and O–H groups in total. The van der Waals surface area contributed by atoms with Crippen LogP contribution in [0.1, 0.15) is 49.5 Å². The second-order valence-electron chi connectivity index (χ2n) is 6.96. The molecule has 0 aliphatic heterocycles. The summed E-state index contributed by atoms with van der Waals surface area (Å²) in [5.41, 5.74) is 2.49. The van der Waals surface area contributed by atoms with E-state index in [-0.39, 0.29) is 11.6 Å². The Balaban J connectivity index is 1.49. The van der Waals surface area contributed by atoms with E-state index >= 15 is 0 Å². The van der Waals surface area contributed by atoms with E-state index in [9.17, 15) is 9.59 Å². The number of carbonyl (C=O) groups excluding carboxylic acids is 2. The largest absolute Gasteiger partial charge is 0.497 e. The van der Waals surface area contributed by atoms with Crippen LogP contribution >= 0.6 is 11.3 Å². The van der Waals surface area contributed by atoms with Crippen molar-refractivity contribution in [1.29, 1.82) is 0 Å². The third-order valence-corrected chi connectivity index (χ3v) is 5.73. The lowest BCUT2D eigenvalue weighted by atomic mass is 9.97. The molecule has 1 atom stereocenters. The number of nitrogens with zero attached hydrogens (tertiary/aromatic N) is 1. The van der Waals surface area contributed by atoms with E-state index in [0.717, 1.165) is 30.6 Å². The van der Waals surface area contributed by atoms with Crippen LogP contribution in [0.4, 0.5) is 0 Å². The molecule has 0 fully saturated rings. The number of aromatic nitrogens is 1. The number of methoxy groups -OCH3 is 1. The molecule has 6 nitrogen and oxygen atoms in total. The molecular formula is C22H26N2O4S. The zero-order valence-corrected chi connectivity index (χ0v) is 17.6. The fraction of sp³-hybridized carbons (Fsp3) is 0.409. The van der Waals surface area contributed by atoms with E-state index in [2.05, 4.69) is 16.4 Å². The van der Waals surface area contributed by atoms with Crippen LogP contribution in [0.3, 0.4) is 0 Å². The van der Waals surface area contributed by atoms with Gasteiger partial charge in [0.25, 0.3) is 5.91 Å². The second kappa shape index (κ2) is 10.2. The van der Waals surface area contributed by atoms with Gasteiger partial charge < -0.3 is 14.8 Å². The second-order valence-corrected chi connectivity index (χ2v) is 7.82. The summed E-state index contributed by atoms with van der Waals surface area (Å²) in [6, 6.07) is 7.43. The number of ether oxygens (including phenoxy) is 2. The van der Waals surface area contributed by atoms with Crippen LogP contribution in [0, 0.1) is 0 Å². The van der Waals surface area contributed by atoms with Gasteiger partial charge in [0.05, 0.1) is 7.11 Å². The van der Waals surface area contributed by atoms with Crippen LogP contribution < -0.4 is 10.1 Å². The molecule has 1 aliphatic carbocycles. The Morgan fingerprint density at radius 1 is 1.24 bits per heavy atom. The molecule has 154 valence electrons. The lowest BCUT2D eigenvalue weighted by Gasteiger charge is -2.15. The van der Waals surface area contributed by atoms with Crippen LogP contribution in [-0.2, 0) is 9.53 Å². The number of rotatable bonds is 8. The summed E-state index contributed by atoms with van der Waals surface area (Å²) >= 11 is 1.35. The number of nitrogens with one attached hydrogen (secondary N) is 1. The molecule has 3 rings (SSSR count). The maximum absolute atomic E-state index is 12.3. The molecule has 1 amide bonds. The van der Waals surface area contributed by atoms with Gasteiger partial charge in [-0.15, -0.1) is 11.3 Å². The van der Waals surface area contributed by atoms with Crippen molar-refractivity contribution >= 4 is 23.2 Å². The Hall–Kier alpha value is -2.67. The quantitative estimate of drug-likeness (QED) is 0.513. The van der Waals surface area contributed by atoms with E-state index in [0.29, 0.717) is 11.6 Å². The normalized spacial score (nSPS) is 14.6. The van der Waals surface area contributed by atoms with E-state index in [1.54, 1.807) is 19.4 Å². The first-order valence-corrected chi connectivity index (χ1v) is 10.7. The molecule has 7 heteroatoms. The molecule has 1 aliphatic rings. The molecule has 29 heavy (non-hydrogen) atoms. The fourth-order valence-corrected chi connectivity index (χ4v) is 3.93. The highest BCUT2D eigenvalue weighted by molar-refractivity contribution is 7.13. The zero-order chi connectivity index (χ0) is 20.6. The van der Waals surface area contributed by atoms with E-state index in [1.165, 1.54) is 29.8 Å². The van der Waals surface area contributed by atoms with Crippen LogP contribution in [-0.4, -0.2) is 36.6 Å². The van der Waals surface area contributed by atoms with Gasteiger partial charge in [-0.2, -0.15) is 0 Å². The molecule has 0 saturated carbocycles. The minimum atomic E-state index is -0.867. The van der Waals surface area contributed by atoms with Gasteiger partial charge in [0.2, 0.25) is 0 Å². The van der Waals surface area contributed by atoms with Gasteiger partial charge >= 0.3 is 5.97 Å². The predicted octanol–water partition coefficient (Wildman–Crippen LogP) is 4.37. The molecule has 0 bridgehead atoms. The molecule has 1 heterocycles. The molecule has 1 aromatic heterocycles. The highest BCUT2D eigenvalue weighted by Crippen LogP contribution is 2.26. The van der Waals surface area contributed by atoms with Crippen LogP contribution in [0.15, 0.2) is 41.3 Å². The lowest BCUT2D eigenvalue weighted by molar-refractivity contribution is -0.129. The summed E-state index contributed by atoms with van der Waals surface area (Å²) in [6.07, 6.45) is 6.96. The van der Waals surface area contributed by atoms with Crippen LogP contribution in [0.25, 0.3) is 10.6 Å². The van der Waals surface area contributed by atoms with E-state index < -0.39 is 12.1 Å². The molecule has 0 spiro atoms. The van der Waals surface area contributed by atoms with Gasteiger partial charge in [-0.3, -0.25) is 4.79 Å². The molecule has 0 unspecified atom stereocenters. The summed E-state index contributed by atoms with van der Waals surface area (Å²) < 4.78 is 10.4. The summed E-state index contributed by atoms with van der Waals surface area (Å²) in [5.74, 6) is -0.136. The highest BCUT2D eigenvalue weighted by atomic mass is 32.1. The van der Waals surface area contributed by atoms with Crippen molar-refractivity contribution in [3.05, 3.63) is 47.0 Å². The van der Waals surface area contributed by atoms with Crippen molar-refractivity contribution in [2.24, 2.45) is 0 Å². The van der Waals surface area contributed by atoms with Gasteiger partial charge in [-0.1, -0.05) is 11.6 Å². The number of thiazole rings is 1. The van der Waals surface area contributed by atoms with Crippen molar-refractivity contribution in [2.45, 2.75) is 45.1 Å². The van der Waals surface area contributed by atoms with Crippen molar-refractivity contribution in [1.82, 2.24) is 10.3 Å². The highest BCUT2D eigenvalue weighted by Gasteiger charge is 2.21. The maximum atomic E-state index is 12.3. The Labute approximate surface area is 174 Å². The minimum Gasteiger partial charge on any atom is -0.497 e. The number of amides is 1. The zero-order valence-electron chi connectivity index (χ0n) is 16.8. The summed E-state index contributed by atoms with van der Waals surface area (Å²) in [4.78, 5) is 28.9. The molecule has 0 saturated heterocycles. The minimum absolute atomic E-state index is 0.202. The summed E-state index contributed by atoms with van der Waals surface area (Å²) in [7, 11) is 1.61. The number of esters is 1. The summed E-state index contributed by atoms with van der Waals surface area (Å²) in [6.45, 7) is 2.13. The SMILES string of the molecule is COc1ccc(-c2nc(C(=O)O[C@H](C)C(=O)NCCC3=CCCCC3)cs2)cc1. The number of hydrogen-bond donors (Lipinski definition) is 1. The molecule has 0 radical (unpaired) electrons. The number of carbonyl (C=O) groups is 2. The first-order chi connectivity index (χ1) is 14.1. The Bertz CT molecular complexity index is 873. The number of allylic oxidation sites excluding steroid dienone is 1. The van der Waals surface area contributed by atoms with Crippen molar-refractivity contribution in [3.8, 4) is 16.3 Å². The first kappa shape index (κ1) is 21.0. The van der Waals surface area contributed by atoms with Gasteiger partial charge in [0.15, 0.2) is 11.8 Å². The van der Waals surface area contributed by atoms with Crippen molar-refractivity contribution < 1.29 is 19.1 Å². The Morgan fingerprint density at radius 3 is 2.72 bits per heavy atom. The smallest absolute Gasteiger partial charge is 0.358 e. The molecule has 1 aromatic carbocycles. The number of hydrogen-bond acceptors (Lipinski definition) is 6. The Morgan fingerprint density at radius 2 is 2.03 bits per heavy atom. The molecule has 2 aromatic rings. The lowest BCUT2D eigenvalue weighted by Crippen LogP contribution is -2.36. The average Bonchev–Trinajstić information content (AvgIpc) is 3.25. The van der Waals surface area contributed by atoms with Crippen molar-refractivity contribution in [2.75, 3.05) is 13.7 Å². The van der Waals surface area contributed by atoms with Crippen LogP contribution in [0.2, 0.25) is 0 Å². The van der Waals surface area contributed by atoms with Gasteiger partial charge in [-0.05, 0) is 63.3 Å².